The Labute approximate surface area is 813 Å². The molecular formula is C93H142N28O17S. The Morgan fingerprint density at radius 1 is 0.525 bits per heavy atom. The number of carboxylic acid groups (broad SMARTS) is 1. The second kappa shape index (κ2) is 57.2. The summed E-state index contributed by atoms with van der Waals surface area (Å²) in [5.74, 6) is -12.3. The molecule has 0 radical (unpaired) electrons. The zero-order chi connectivity index (χ0) is 102. The number of amides is 14. The Balaban J connectivity index is 0.982. The van der Waals surface area contributed by atoms with Crippen LogP contribution in [0.25, 0.3) is 0 Å². The van der Waals surface area contributed by atoms with Gasteiger partial charge in [0.15, 0.2) is 5.96 Å². The van der Waals surface area contributed by atoms with Crippen molar-refractivity contribution in [2.45, 2.75) is 250 Å². The van der Waals surface area contributed by atoms with E-state index in [0.717, 1.165) is 0 Å². The van der Waals surface area contributed by atoms with Gasteiger partial charge in [-0.2, -0.15) is 11.8 Å². The molecule has 45 nitrogen and oxygen atoms in total. The third kappa shape index (κ3) is 38.2. The monoisotopic (exact) mass is 1960 g/mol. The minimum Gasteiger partial charge on any atom is -0.480 e. The molecule has 2 aliphatic rings. The average Bonchev–Trinajstić information content (AvgIpc) is 1.71. The van der Waals surface area contributed by atoms with Crippen LogP contribution in [0.5, 0.6) is 0 Å². The van der Waals surface area contributed by atoms with Crippen molar-refractivity contribution in [2.75, 3.05) is 83.5 Å². The SMILES string of the molecule is CCSCC(NC(=O)C(NC(=O)C1CCCN1C(=O)CNC(=O)C(Cc1c[nH]cn1)NC(=O)C1CCCN1C(=O)C(Cc1c[nH]cn1)NC(=O)C(Cc1c[nH]cn1)NC(=O)CNC(=O)CCC(=O)NCCN(CCNC(C)(C)C(C)=N)CCNC(C)(C)/C(C)=N\O)C(C)CC)C(=O)NC(Cc1ccccc1)C(=O)N[C@@H](Cc1ccccc1)C(=O)NC(CCCNC(=N)N)C(=O)NC(CC(C)C)C(=O)O. The van der Waals surface area contributed by atoms with Crippen LogP contribution < -0.4 is 85.5 Å². The molecule has 0 bridgehead atoms. The molecule has 2 aliphatic heterocycles. The van der Waals surface area contributed by atoms with Crippen LogP contribution >= 0.6 is 11.8 Å². The van der Waals surface area contributed by atoms with Gasteiger partial charge in [0.05, 0.1) is 65.9 Å². The largest absolute Gasteiger partial charge is 0.480 e. The summed E-state index contributed by atoms with van der Waals surface area (Å²) in [5, 5.41) is 80.6. The van der Waals surface area contributed by atoms with Crippen molar-refractivity contribution < 1.29 is 82.2 Å². The number of nitrogens with one attached hydrogen (secondary N) is 20. The summed E-state index contributed by atoms with van der Waals surface area (Å²) in [4.78, 5) is 240. The number of aliphatic carboxylic acids is 1. The lowest BCUT2D eigenvalue weighted by Crippen LogP contribution is -2.61. The first-order valence-electron chi connectivity index (χ1n) is 47.2. The number of H-pyrrole nitrogens is 3. The van der Waals surface area contributed by atoms with Gasteiger partial charge in [0.2, 0.25) is 82.7 Å². The van der Waals surface area contributed by atoms with Crippen molar-refractivity contribution in [2.24, 2.45) is 22.7 Å². The van der Waals surface area contributed by atoms with Crippen molar-refractivity contribution in [3.63, 3.8) is 0 Å². The quantitative estimate of drug-likeness (QED) is 0.00727. The summed E-state index contributed by atoms with van der Waals surface area (Å²) in [6.45, 7) is 21.8. The lowest BCUT2D eigenvalue weighted by Gasteiger charge is -2.31. The highest BCUT2D eigenvalue weighted by atomic mass is 32.2. The van der Waals surface area contributed by atoms with Gasteiger partial charge in [0.25, 0.3) is 0 Å². The molecule has 3 aromatic heterocycles. The second-order valence-electron chi connectivity index (χ2n) is 36.2. The number of hydrogen-bond donors (Lipinski definition) is 23. The highest BCUT2D eigenvalue weighted by Gasteiger charge is 2.43. The van der Waals surface area contributed by atoms with Gasteiger partial charge in [-0.05, 0) is 115 Å². The lowest BCUT2D eigenvalue weighted by atomic mass is 9.97. The van der Waals surface area contributed by atoms with Crippen molar-refractivity contribution in [1.29, 1.82) is 10.8 Å². The Morgan fingerprint density at radius 2 is 0.986 bits per heavy atom. The molecule has 139 heavy (non-hydrogen) atoms. The maximum Gasteiger partial charge on any atom is 0.326 e. The van der Waals surface area contributed by atoms with E-state index in [1.54, 1.807) is 102 Å². The molecular weight excluding hydrogens is 1810 g/mol. The molecule has 0 spiro atoms. The molecule has 11 unspecified atom stereocenters. The number of aromatic nitrogens is 6. The molecule has 46 heteroatoms. The second-order valence-corrected chi connectivity index (χ2v) is 37.6. The normalized spacial score (nSPS) is 16.0. The summed E-state index contributed by atoms with van der Waals surface area (Å²) in [5.41, 5.74) is 7.56. The molecule has 5 heterocycles. The highest BCUT2D eigenvalue weighted by molar-refractivity contribution is 7.99. The summed E-state index contributed by atoms with van der Waals surface area (Å²) < 4.78 is 0. The summed E-state index contributed by atoms with van der Waals surface area (Å²) >= 11 is 1.30. The fourth-order valence-corrected chi connectivity index (χ4v) is 16.2. The highest BCUT2D eigenvalue weighted by Crippen LogP contribution is 2.24. The molecule has 762 valence electrons. The van der Waals surface area contributed by atoms with E-state index in [1.807, 2.05) is 34.6 Å². The Hall–Kier alpha value is -13.2. The number of benzene rings is 2. The minimum atomic E-state index is -1.42. The Morgan fingerprint density at radius 3 is 1.49 bits per heavy atom. The van der Waals surface area contributed by atoms with E-state index in [-0.39, 0.29) is 121 Å². The van der Waals surface area contributed by atoms with Crippen LogP contribution in [-0.2, 0) is 104 Å². The van der Waals surface area contributed by atoms with Crippen molar-refractivity contribution in [3.8, 4) is 0 Å². The molecule has 12 atom stereocenters. The van der Waals surface area contributed by atoms with Gasteiger partial charge in [-0.1, -0.05) is 107 Å². The number of likely N-dealkylation sites (tertiary alicyclic amines) is 2. The van der Waals surface area contributed by atoms with Gasteiger partial charge >= 0.3 is 5.97 Å². The zero-order valence-corrected chi connectivity index (χ0v) is 82.0. The predicted molar refractivity (Wildman–Crippen MR) is 520 cm³/mol. The fraction of sp³-hybridized carbons (Fsp3) is 0.581. The van der Waals surface area contributed by atoms with Crippen molar-refractivity contribution in [3.05, 3.63) is 126 Å². The van der Waals surface area contributed by atoms with Crippen LogP contribution in [0.15, 0.2) is 103 Å². The number of nitrogens with zero attached hydrogens (tertiary/aromatic N) is 7. The first-order chi connectivity index (χ1) is 66.2. The zero-order valence-electron chi connectivity index (χ0n) is 81.2. The van der Waals surface area contributed by atoms with Gasteiger partial charge in [-0.25, -0.2) is 19.7 Å². The van der Waals surface area contributed by atoms with Crippen molar-refractivity contribution >= 4 is 118 Å². The molecule has 24 N–H and O–H groups in total. The van der Waals surface area contributed by atoms with E-state index in [9.17, 15) is 77.4 Å². The predicted octanol–water partition coefficient (Wildman–Crippen LogP) is -1.04. The number of guanidine groups is 1. The van der Waals surface area contributed by atoms with Crippen molar-refractivity contribution in [1.82, 2.24) is 124 Å². The third-order valence-corrected chi connectivity index (χ3v) is 25.4. The number of carbonyl (C=O) groups excluding carboxylic acids is 14. The number of rotatable bonds is 61. The van der Waals surface area contributed by atoms with E-state index in [1.165, 1.54) is 59.1 Å². The molecule has 0 saturated carbocycles. The number of carbonyl (C=O) groups is 15. The topological polar surface area (TPSA) is 659 Å². The number of aromatic amines is 3. The number of oxime groups is 1. The maximum absolute atomic E-state index is 15.1. The molecule has 2 aromatic carbocycles. The van der Waals surface area contributed by atoms with Crippen LogP contribution in [0.3, 0.4) is 0 Å². The molecule has 14 amide bonds. The number of nitrogens with two attached hydrogens (primary N) is 1. The molecule has 7 rings (SSSR count). The van der Waals surface area contributed by atoms with Gasteiger partial charge in [0, 0.05) is 134 Å². The Bertz CT molecular complexity index is 4890. The first-order valence-corrected chi connectivity index (χ1v) is 48.3. The third-order valence-electron chi connectivity index (χ3n) is 24.4. The van der Waals surface area contributed by atoms with Crippen LogP contribution in [0.4, 0.5) is 0 Å². The maximum atomic E-state index is 15.1. The smallest absolute Gasteiger partial charge is 0.326 e. The van der Waals surface area contributed by atoms with E-state index >= 15 is 4.79 Å². The lowest BCUT2D eigenvalue weighted by molar-refractivity contribution is -0.143. The van der Waals surface area contributed by atoms with E-state index in [4.69, 9.17) is 16.6 Å². The minimum absolute atomic E-state index is 0.0156. The van der Waals surface area contributed by atoms with E-state index in [0.29, 0.717) is 97.4 Å². The number of imidazole rings is 3. The van der Waals surface area contributed by atoms with Crippen LogP contribution in [0, 0.1) is 22.7 Å². The standard InChI is InChI=1S/C93H142N28O17S/c1-12-57(5)79(88(134)116-72(52-139-13-2)85(131)112-67(43-61-25-18-15-19-26-61)83(129)111-66(42-60-23-16-14-17-24-60)82(128)110-65(27-20-32-101-91(95)96)81(127)115-71(90(136)137)41-56(3)4)117-87(133)73-28-21-36-120(73)78(125)51-103-80(126)68(44-62-47-97-53-104-62)113-86(132)74-29-22-37-121(74)89(135)70(46-64-49-99-55-106-64)114-84(130)69(45-63-48-98-54-105-63)109-77(124)50-102-76(123)31-30-75(122)100-33-38-119(39-34-107-92(8,9)58(6)94)40-35-108-93(10,11)59(7)118-138/h14-19,23-26,47-49,53-57,65-74,79,94,107-108,138H,12-13,20-22,27-46,50-52H2,1-11H3,(H,97,104)(H,98,105)(H,99,106)(H,100,122)(H,102,123)(H,103,126)(H,109,124)(H,110,128)(H,111,129)(H,112,131)(H,113,132)(H,114,130)(H,115,127)(H,116,134)(H,117,133)(H,136,137)(H4,95,96,101)/b94-58?,118-59-/t57?,65?,66-,67?,68?,69?,70?,71?,72?,73?,74?,79?/m0/s1. The average molecular weight is 1960 g/mol. The van der Waals surface area contributed by atoms with Crippen LogP contribution in [0.1, 0.15) is 169 Å². The number of hydrogen-bond acceptors (Lipinski definition) is 26. The van der Waals surface area contributed by atoms with Gasteiger partial charge in [0.1, 0.15) is 66.5 Å². The first kappa shape index (κ1) is 113. The molecule has 5 aromatic rings. The molecule has 2 fully saturated rings. The number of thioether (sulfide) groups is 1. The summed E-state index contributed by atoms with van der Waals surface area (Å²) in [6, 6.07) is 2.62. The molecule has 0 aliphatic carbocycles. The van der Waals surface area contributed by atoms with Gasteiger partial charge in [-0.15, -0.1) is 0 Å². The Kier molecular flexibility index (Phi) is 46.4. The van der Waals surface area contributed by atoms with E-state index in [2.05, 4.69) is 120 Å². The molecule has 2 saturated heterocycles. The van der Waals surface area contributed by atoms with E-state index < -0.39 is 185 Å². The van der Waals surface area contributed by atoms with Gasteiger partial charge in [-0.3, -0.25) is 77.4 Å². The van der Waals surface area contributed by atoms with Crippen LogP contribution in [-0.4, -0.2) is 322 Å². The van der Waals surface area contributed by atoms with Gasteiger partial charge < -0.3 is 126 Å². The van der Waals surface area contributed by atoms with Crippen LogP contribution in [0.2, 0.25) is 0 Å². The summed E-state index contributed by atoms with van der Waals surface area (Å²) in [7, 11) is 0. The fourth-order valence-electron chi connectivity index (χ4n) is 15.5. The number of carboxylic acids is 1. The summed E-state index contributed by atoms with van der Waals surface area (Å²) in [6.07, 6.45) is 8.70.